The lowest BCUT2D eigenvalue weighted by Gasteiger charge is -2.29. The van der Waals surface area contributed by atoms with Crippen LogP contribution in [0.1, 0.15) is 37.7 Å². The van der Waals surface area contributed by atoms with Gasteiger partial charge in [0.2, 0.25) is 0 Å². The number of fused-ring (bicyclic) bond motifs is 1. The summed E-state index contributed by atoms with van der Waals surface area (Å²) in [6.07, 6.45) is 10.9. The van der Waals surface area contributed by atoms with E-state index in [-0.39, 0.29) is 17.8 Å². The molecule has 3 aromatic rings. The molecule has 1 fully saturated rings. The zero-order valence-corrected chi connectivity index (χ0v) is 19.4. The van der Waals surface area contributed by atoms with Crippen LogP contribution in [0.3, 0.4) is 0 Å². The van der Waals surface area contributed by atoms with Gasteiger partial charge in [-0.1, -0.05) is 6.08 Å². The molecule has 1 aliphatic carbocycles. The van der Waals surface area contributed by atoms with E-state index < -0.39 is 0 Å². The van der Waals surface area contributed by atoms with Gasteiger partial charge in [-0.3, -0.25) is 4.79 Å². The monoisotopic (exact) mass is 464 g/mol. The summed E-state index contributed by atoms with van der Waals surface area (Å²) in [5.74, 6) is 1.29. The van der Waals surface area contributed by atoms with Gasteiger partial charge in [0.25, 0.3) is 5.56 Å². The van der Waals surface area contributed by atoms with Crippen molar-refractivity contribution in [1.29, 1.82) is 0 Å². The van der Waals surface area contributed by atoms with Crippen LogP contribution in [0.2, 0.25) is 0 Å². The van der Waals surface area contributed by atoms with Crippen molar-refractivity contribution in [2.24, 2.45) is 7.05 Å². The predicted molar refractivity (Wildman–Crippen MR) is 126 cm³/mol. The van der Waals surface area contributed by atoms with Crippen LogP contribution in [0.5, 0.6) is 17.5 Å². The summed E-state index contributed by atoms with van der Waals surface area (Å²) in [7, 11) is 3.33. The highest BCUT2D eigenvalue weighted by molar-refractivity contribution is 5.86. The van der Waals surface area contributed by atoms with Crippen LogP contribution in [0.15, 0.2) is 41.6 Å². The molecule has 0 N–H and O–H groups in total. The highest BCUT2D eigenvalue weighted by Crippen LogP contribution is 2.34. The Balaban J connectivity index is 1.33. The van der Waals surface area contributed by atoms with Gasteiger partial charge in [-0.15, -0.1) is 0 Å². The lowest BCUT2D eigenvalue weighted by Crippen LogP contribution is -2.30. The quantitative estimate of drug-likeness (QED) is 0.548. The van der Waals surface area contributed by atoms with Crippen molar-refractivity contribution in [3.8, 4) is 17.5 Å². The van der Waals surface area contributed by atoms with Gasteiger partial charge >= 0.3 is 6.01 Å². The molecule has 2 aliphatic rings. The molecular weight excluding hydrogens is 436 g/mol. The average Bonchev–Trinajstić information content (AvgIpc) is 2.88. The van der Waals surface area contributed by atoms with Crippen molar-refractivity contribution in [2.45, 2.75) is 44.3 Å². The first-order chi connectivity index (χ1) is 16.6. The Hall–Kier alpha value is -3.46. The number of rotatable bonds is 6. The van der Waals surface area contributed by atoms with Crippen LogP contribution in [0, 0.1) is 0 Å². The lowest BCUT2D eigenvalue weighted by molar-refractivity contribution is 0.0755. The highest BCUT2D eigenvalue weighted by atomic mass is 16.5. The maximum atomic E-state index is 12.3. The van der Waals surface area contributed by atoms with E-state index in [4.69, 9.17) is 18.9 Å². The third kappa shape index (κ3) is 4.75. The molecule has 0 spiro atoms. The molecule has 2 aromatic heterocycles. The second-order valence-electron chi connectivity index (χ2n) is 8.59. The number of nitrogens with zero attached hydrogens (tertiary/aromatic N) is 4. The Bertz CT molecular complexity index is 1250. The van der Waals surface area contributed by atoms with Crippen LogP contribution in [0.4, 0.5) is 0 Å². The molecule has 34 heavy (non-hydrogen) atoms. The first kappa shape index (κ1) is 22.3. The highest BCUT2D eigenvalue weighted by Gasteiger charge is 2.26. The van der Waals surface area contributed by atoms with E-state index in [1.54, 1.807) is 31.1 Å². The molecule has 0 atom stereocenters. The third-order valence-corrected chi connectivity index (χ3v) is 6.40. The second kappa shape index (κ2) is 9.80. The van der Waals surface area contributed by atoms with Gasteiger partial charge in [0.05, 0.1) is 50.5 Å². The fraction of sp³-hybridized carbons (Fsp3) is 0.440. The normalized spacial score (nSPS) is 20.6. The third-order valence-electron chi connectivity index (χ3n) is 6.40. The molecule has 1 aromatic carbocycles. The number of ether oxygens (including phenoxy) is 4. The lowest BCUT2D eigenvalue weighted by atomic mass is 9.94. The zero-order valence-electron chi connectivity index (χ0n) is 19.4. The summed E-state index contributed by atoms with van der Waals surface area (Å²) in [6.45, 7) is 1.30. The second-order valence-corrected chi connectivity index (χ2v) is 8.59. The minimum atomic E-state index is -0.160. The summed E-state index contributed by atoms with van der Waals surface area (Å²) in [4.78, 5) is 25.1. The molecule has 0 unspecified atom stereocenters. The van der Waals surface area contributed by atoms with Crippen LogP contribution < -0.4 is 19.8 Å². The zero-order chi connectivity index (χ0) is 23.5. The molecule has 9 heteroatoms. The Morgan fingerprint density at radius 1 is 1.00 bits per heavy atom. The number of hydrogen-bond donors (Lipinski definition) is 0. The largest absolute Gasteiger partial charge is 0.494 e. The SMILES string of the molecule is COc1cnc(O[C@H]2CC[C@@H](Oc3cc(C4=CCOCC4)cc4ncc(=O)n(C)c34)CC2)nc1. The van der Waals surface area contributed by atoms with Crippen LogP contribution >= 0.6 is 0 Å². The summed E-state index contributed by atoms with van der Waals surface area (Å²) >= 11 is 0. The van der Waals surface area contributed by atoms with Crippen molar-refractivity contribution < 1.29 is 18.9 Å². The van der Waals surface area contributed by atoms with Crippen molar-refractivity contribution in [3.05, 3.63) is 52.7 Å². The van der Waals surface area contributed by atoms with Gasteiger partial charge in [-0.25, -0.2) is 4.98 Å². The van der Waals surface area contributed by atoms with Gasteiger partial charge in [-0.05, 0) is 55.4 Å². The minimum absolute atomic E-state index is 0.0223. The van der Waals surface area contributed by atoms with Crippen LogP contribution in [0.25, 0.3) is 16.6 Å². The van der Waals surface area contributed by atoms with Gasteiger partial charge in [-0.2, -0.15) is 9.97 Å². The van der Waals surface area contributed by atoms with E-state index in [1.165, 1.54) is 11.8 Å². The Labute approximate surface area is 197 Å². The first-order valence-electron chi connectivity index (χ1n) is 11.6. The number of hydrogen-bond acceptors (Lipinski definition) is 8. The summed E-state index contributed by atoms with van der Waals surface area (Å²) in [5, 5.41) is 0. The minimum Gasteiger partial charge on any atom is -0.494 e. The molecule has 0 saturated heterocycles. The van der Waals surface area contributed by atoms with Crippen molar-refractivity contribution in [3.63, 3.8) is 0 Å². The standard InChI is InChI=1S/C25H28N4O5/c1-29-23(30)15-26-21-11-17(16-7-9-32-10-8-16)12-22(24(21)29)33-18-3-5-19(6-4-18)34-25-27-13-20(31-2)14-28-25/h7,11-15,18-19H,3-6,8-10H2,1-2H3/t18-,19+. The molecule has 3 heterocycles. The summed E-state index contributed by atoms with van der Waals surface area (Å²) in [6, 6.07) is 4.42. The van der Waals surface area contributed by atoms with Crippen molar-refractivity contribution in [2.75, 3.05) is 20.3 Å². The van der Waals surface area contributed by atoms with Gasteiger partial charge in [0.1, 0.15) is 17.4 Å². The van der Waals surface area contributed by atoms with E-state index in [1.807, 2.05) is 12.1 Å². The molecule has 1 saturated carbocycles. The van der Waals surface area contributed by atoms with E-state index in [9.17, 15) is 4.79 Å². The summed E-state index contributed by atoms with van der Waals surface area (Å²) < 4.78 is 24.6. The van der Waals surface area contributed by atoms with Gasteiger partial charge in [0.15, 0.2) is 5.75 Å². The number of benzene rings is 1. The topological polar surface area (TPSA) is 97.6 Å². The number of aromatic nitrogens is 4. The summed E-state index contributed by atoms with van der Waals surface area (Å²) in [5.41, 5.74) is 3.58. The Kier molecular flexibility index (Phi) is 6.44. The molecule has 1 aliphatic heterocycles. The molecule has 0 amide bonds. The average molecular weight is 465 g/mol. The molecular formula is C25H28N4O5. The maximum absolute atomic E-state index is 12.3. The molecule has 0 radical (unpaired) electrons. The van der Waals surface area contributed by atoms with E-state index in [0.29, 0.717) is 36.2 Å². The first-order valence-corrected chi connectivity index (χ1v) is 11.6. The molecule has 0 bridgehead atoms. The smallest absolute Gasteiger partial charge is 0.316 e. The number of aryl methyl sites for hydroxylation is 1. The fourth-order valence-corrected chi connectivity index (χ4v) is 4.48. The molecule has 178 valence electrons. The van der Waals surface area contributed by atoms with Gasteiger partial charge in [0, 0.05) is 7.05 Å². The fourth-order valence-electron chi connectivity index (χ4n) is 4.48. The predicted octanol–water partition coefficient (Wildman–Crippen LogP) is 3.30. The maximum Gasteiger partial charge on any atom is 0.316 e. The number of methoxy groups -OCH3 is 1. The van der Waals surface area contributed by atoms with E-state index in [0.717, 1.165) is 43.2 Å². The molecule has 9 nitrogen and oxygen atoms in total. The Morgan fingerprint density at radius 3 is 2.41 bits per heavy atom. The van der Waals surface area contributed by atoms with E-state index in [2.05, 4.69) is 21.0 Å². The van der Waals surface area contributed by atoms with Crippen LogP contribution in [-0.4, -0.2) is 52.1 Å². The van der Waals surface area contributed by atoms with Gasteiger partial charge < -0.3 is 23.5 Å². The Morgan fingerprint density at radius 2 is 1.74 bits per heavy atom. The van der Waals surface area contributed by atoms with Crippen molar-refractivity contribution >= 4 is 16.6 Å². The van der Waals surface area contributed by atoms with Crippen molar-refractivity contribution in [1.82, 2.24) is 19.5 Å². The van der Waals surface area contributed by atoms with E-state index >= 15 is 0 Å². The van der Waals surface area contributed by atoms with Crippen LogP contribution in [-0.2, 0) is 11.8 Å². The molecule has 5 rings (SSSR count).